The van der Waals surface area contributed by atoms with Crippen LogP contribution < -0.4 is 10.6 Å². The number of carboxylic acid groups (broad SMARTS) is 1. The van der Waals surface area contributed by atoms with Gasteiger partial charge in [0.05, 0.1) is 5.56 Å². The molecule has 1 saturated carbocycles. The van der Waals surface area contributed by atoms with Crippen LogP contribution in [-0.4, -0.2) is 22.6 Å². The number of nitrogens with one attached hydrogen (secondary N) is 2. The minimum Gasteiger partial charge on any atom is -0.478 e. The molecular weight excluding hydrogens is 256 g/mol. The fraction of sp³-hybridized carbons (Fsp3) is 0.467. The zero-order chi connectivity index (χ0) is 14.8. The first-order chi connectivity index (χ1) is 9.43. The summed E-state index contributed by atoms with van der Waals surface area (Å²) < 4.78 is 0. The van der Waals surface area contributed by atoms with Crippen molar-refractivity contribution in [1.82, 2.24) is 10.6 Å². The fourth-order valence-electron chi connectivity index (χ4n) is 2.20. The molecule has 5 heteroatoms. The van der Waals surface area contributed by atoms with Crippen molar-refractivity contribution in [3.8, 4) is 0 Å². The van der Waals surface area contributed by atoms with Crippen molar-refractivity contribution in [2.75, 3.05) is 0 Å². The van der Waals surface area contributed by atoms with E-state index in [4.69, 9.17) is 5.11 Å². The number of carbonyl (C=O) groups excluding carboxylic acids is 1. The molecule has 2 amide bonds. The highest BCUT2D eigenvalue weighted by Crippen LogP contribution is 2.41. The Balaban J connectivity index is 1.83. The molecule has 0 spiro atoms. The number of rotatable bonds is 5. The molecule has 1 aliphatic carbocycles. The number of hydrogen-bond acceptors (Lipinski definition) is 2. The molecule has 1 aliphatic rings. The van der Waals surface area contributed by atoms with Gasteiger partial charge in [0.1, 0.15) is 0 Å². The van der Waals surface area contributed by atoms with Crippen molar-refractivity contribution in [3.63, 3.8) is 0 Å². The van der Waals surface area contributed by atoms with Crippen LogP contribution in [0.1, 0.15) is 42.6 Å². The van der Waals surface area contributed by atoms with Crippen molar-refractivity contribution < 1.29 is 14.7 Å². The maximum atomic E-state index is 11.8. The van der Waals surface area contributed by atoms with Crippen molar-refractivity contribution in [1.29, 1.82) is 0 Å². The van der Waals surface area contributed by atoms with Crippen molar-refractivity contribution in [3.05, 3.63) is 35.4 Å². The van der Waals surface area contributed by atoms with Gasteiger partial charge in [-0.3, -0.25) is 0 Å². The first-order valence-corrected chi connectivity index (χ1v) is 6.81. The van der Waals surface area contributed by atoms with E-state index >= 15 is 0 Å². The zero-order valence-corrected chi connectivity index (χ0v) is 11.8. The Morgan fingerprint density at radius 3 is 2.30 bits per heavy atom. The third kappa shape index (κ3) is 3.29. The number of amides is 2. The van der Waals surface area contributed by atoms with Crippen LogP contribution in [0.4, 0.5) is 4.79 Å². The van der Waals surface area contributed by atoms with E-state index in [1.54, 1.807) is 12.1 Å². The van der Waals surface area contributed by atoms with Gasteiger partial charge in [-0.05, 0) is 36.5 Å². The summed E-state index contributed by atoms with van der Waals surface area (Å²) in [5, 5.41) is 14.6. The molecule has 0 aliphatic heterocycles. The van der Waals surface area contributed by atoms with E-state index in [0.717, 1.165) is 18.4 Å². The van der Waals surface area contributed by atoms with Gasteiger partial charge >= 0.3 is 12.0 Å². The Labute approximate surface area is 118 Å². The Hall–Kier alpha value is -2.04. The molecular formula is C15H20N2O3. The van der Waals surface area contributed by atoms with Gasteiger partial charge in [-0.1, -0.05) is 26.0 Å². The molecule has 2 rings (SSSR count). The maximum absolute atomic E-state index is 11.8. The first-order valence-electron chi connectivity index (χ1n) is 6.81. The lowest BCUT2D eigenvalue weighted by molar-refractivity contribution is 0.0697. The fourth-order valence-corrected chi connectivity index (χ4v) is 2.20. The first kappa shape index (κ1) is 14.4. The van der Waals surface area contributed by atoms with Crippen LogP contribution in [0.2, 0.25) is 0 Å². The zero-order valence-electron chi connectivity index (χ0n) is 11.8. The average molecular weight is 276 g/mol. The van der Waals surface area contributed by atoms with Gasteiger partial charge in [-0.25, -0.2) is 9.59 Å². The smallest absolute Gasteiger partial charge is 0.335 e. The summed E-state index contributed by atoms with van der Waals surface area (Å²) in [5.74, 6) is -0.516. The molecule has 0 bridgehead atoms. The predicted molar refractivity (Wildman–Crippen MR) is 75.6 cm³/mol. The topological polar surface area (TPSA) is 78.4 Å². The molecule has 0 aromatic heterocycles. The second kappa shape index (κ2) is 5.53. The Kier molecular flexibility index (Phi) is 3.97. The number of aromatic carboxylic acids is 1. The van der Waals surface area contributed by atoms with E-state index in [1.807, 2.05) is 0 Å². The minimum atomic E-state index is -0.949. The van der Waals surface area contributed by atoms with E-state index in [2.05, 4.69) is 24.5 Å². The van der Waals surface area contributed by atoms with E-state index in [-0.39, 0.29) is 17.1 Å². The molecule has 5 nitrogen and oxygen atoms in total. The number of carbonyl (C=O) groups is 2. The maximum Gasteiger partial charge on any atom is 0.335 e. The normalized spacial score (nSPS) is 15.8. The summed E-state index contributed by atoms with van der Waals surface area (Å²) in [5.41, 5.74) is 1.09. The molecule has 0 unspecified atom stereocenters. The molecule has 108 valence electrons. The van der Waals surface area contributed by atoms with Crippen LogP contribution >= 0.6 is 0 Å². The molecule has 1 fully saturated rings. The molecule has 0 atom stereocenters. The van der Waals surface area contributed by atoms with Crippen molar-refractivity contribution in [2.24, 2.45) is 5.92 Å². The minimum absolute atomic E-state index is 0.0305. The molecule has 1 aromatic carbocycles. The van der Waals surface area contributed by atoms with Gasteiger partial charge in [-0.2, -0.15) is 0 Å². The molecule has 3 N–H and O–H groups in total. The number of benzene rings is 1. The van der Waals surface area contributed by atoms with Crippen LogP contribution in [0.25, 0.3) is 0 Å². The second-order valence-electron chi connectivity index (χ2n) is 5.62. The quantitative estimate of drug-likeness (QED) is 0.772. The van der Waals surface area contributed by atoms with Crippen LogP contribution in [0.5, 0.6) is 0 Å². The van der Waals surface area contributed by atoms with Crippen molar-refractivity contribution in [2.45, 2.75) is 38.8 Å². The lowest BCUT2D eigenvalue weighted by Crippen LogP contribution is -2.46. The monoisotopic (exact) mass is 276 g/mol. The largest absolute Gasteiger partial charge is 0.478 e. The molecule has 1 aromatic rings. The highest BCUT2D eigenvalue weighted by molar-refractivity contribution is 5.87. The Morgan fingerprint density at radius 2 is 1.85 bits per heavy atom. The Morgan fingerprint density at radius 1 is 1.25 bits per heavy atom. The summed E-state index contributed by atoms with van der Waals surface area (Å²) >= 11 is 0. The number of carboxylic acids is 1. The van der Waals surface area contributed by atoms with E-state index in [1.165, 1.54) is 12.1 Å². The van der Waals surface area contributed by atoms with Gasteiger partial charge in [0.15, 0.2) is 0 Å². The summed E-state index contributed by atoms with van der Waals surface area (Å²) in [6.45, 7) is 4.61. The summed E-state index contributed by atoms with van der Waals surface area (Å²) in [6, 6.07) is 6.32. The number of hydrogen-bond donors (Lipinski definition) is 3. The van der Waals surface area contributed by atoms with Crippen LogP contribution in [0.15, 0.2) is 24.3 Å². The van der Waals surface area contributed by atoms with Crippen molar-refractivity contribution >= 4 is 12.0 Å². The highest BCUT2D eigenvalue weighted by Gasteiger charge is 2.46. The van der Waals surface area contributed by atoms with Crippen LogP contribution in [-0.2, 0) is 6.54 Å². The lowest BCUT2D eigenvalue weighted by Gasteiger charge is -2.21. The SMILES string of the molecule is CC(C)C1(NC(=O)NCc2ccc(C(=O)O)cc2)CC1. The third-order valence-corrected chi connectivity index (χ3v) is 3.91. The molecule has 20 heavy (non-hydrogen) atoms. The number of urea groups is 1. The van der Waals surface area contributed by atoms with Crippen LogP contribution in [0.3, 0.4) is 0 Å². The molecule has 0 saturated heterocycles. The predicted octanol–water partition coefficient (Wildman–Crippen LogP) is 2.37. The lowest BCUT2D eigenvalue weighted by atomic mass is 10.0. The highest BCUT2D eigenvalue weighted by atomic mass is 16.4. The van der Waals surface area contributed by atoms with Gasteiger partial charge in [0.2, 0.25) is 0 Å². The van der Waals surface area contributed by atoms with Gasteiger partial charge in [0.25, 0.3) is 0 Å². The van der Waals surface area contributed by atoms with E-state index in [9.17, 15) is 9.59 Å². The van der Waals surface area contributed by atoms with E-state index in [0.29, 0.717) is 12.5 Å². The Bertz CT molecular complexity index is 504. The summed E-state index contributed by atoms with van der Waals surface area (Å²) in [7, 11) is 0. The standard InChI is InChI=1S/C15H20N2O3/c1-10(2)15(7-8-15)17-14(20)16-9-11-3-5-12(6-4-11)13(18)19/h3-6,10H,7-9H2,1-2H3,(H,18,19)(H2,16,17,20). The summed E-state index contributed by atoms with van der Waals surface area (Å²) in [4.78, 5) is 22.6. The summed E-state index contributed by atoms with van der Waals surface area (Å²) in [6.07, 6.45) is 2.07. The average Bonchev–Trinajstić information content (AvgIpc) is 3.18. The molecule has 0 heterocycles. The van der Waals surface area contributed by atoms with Gasteiger partial charge in [0, 0.05) is 12.1 Å². The second-order valence-corrected chi connectivity index (χ2v) is 5.62. The van der Waals surface area contributed by atoms with Crippen LogP contribution in [0, 0.1) is 5.92 Å². The van der Waals surface area contributed by atoms with Gasteiger partial charge in [-0.15, -0.1) is 0 Å². The van der Waals surface area contributed by atoms with E-state index < -0.39 is 5.97 Å². The third-order valence-electron chi connectivity index (χ3n) is 3.91. The molecule has 0 radical (unpaired) electrons. The van der Waals surface area contributed by atoms with Gasteiger partial charge < -0.3 is 15.7 Å².